The fourth-order valence-corrected chi connectivity index (χ4v) is 4.30. The second kappa shape index (κ2) is 8.45. The Bertz CT molecular complexity index is 783. The summed E-state index contributed by atoms with van der Waals surface area (Å²) in [5.41, 5.74) is 2.24. The monoisotopic (exact) mass is 422 g/mol. The smallest absolute Gasteiger partial charge is 0.240 e. The number of halogens is 1. The van der Waals surface area contributed by atoms with Gasteiger partial charge in [-0.3, -0.25) is 4.90 Å². The van der Waals surface area contributed by atoms with E-state index in [2.05, 4.69) is 37.7 Å². The molecule has 0 unspecified atom stereocenters. The Balaban J connectivity index is 1.56. The number of sulfonamides is 1. The Morgan fingerprint density at radius 3 is 2.12 bits per heavy atom. The largest absolute Gasteiger partial charge is 0.299 e. The zero-order valence-corrected chi connectivity index (χ0v) is 16.5. The van der Waals surface area contributed by atoms with Crippen molar-refractivity contribution < 1.29 is 8.42 Å². The number of piperidine rings is 1. The van der Waals surface area contributed by atoms with E-state index in [1.165, 1.54) is 37.9 Å². The highest BCUT2D eigenvalue weighted by molar-refractivity contribution is 9.10. The van der Waals surface area contributed by atoms with Gasteiger partial charge in [-0.05, 0) is 61.3 Å². The summed E-state index contributed by atoms with van der Waals surface area (Å²) in [6.45, 7) is 3.62. The van der Waals surface area contributed by atoms with Crippen molar-refractivity contribution in [3.63, 3.8) is 0 Å². The maximum atomic E-state index is 12.3. The lowest BCUT2D eigenvalue weighted by Crippen LogP contribution is -2.29. The minimum Gasteiger partial charge on any atom is -0.299 e. The molecule has 2 aromatic rings. The van der Waals surface area contributed by atoms with E-state index in [0.717, 1.165) is 16.6 Å². The first-order chi connectivity index (χ1) is 12.0. The topological polar surface area (TPSA) is 49.4 Å². The van der Waals surface area contributed by atoms with Crippen molar-refractivity contribution in [1.29, 1.82) is 0 Å². The van der Waals surface area contributed by atoms with E-state index in [9.17, 15) is 8.42 Å². The number of benzene rings is 2. The van der Waals surface area contributed by atoms with Gasteiger partial charge in [0, 0.05) is 17.6 Å². The van der Waals surface area contributed by atoms with Gasteiger partial charge >= 0.3 is 0 Å². The number of rotatable bonds is 6. The second-order valence-electron chi connectivity index (χ2n) is 6.43. The molecule has 1 N–H and O–H groups in total. The molecule has 1 aliphatic rings. The molecule has 0 saturated carbocycles. The van der Waals surface area contributed by atoms with Gasteiger partial charge in [0.25, 0.3) is 0 Å². The summed E-state index contributed by atoms with van der Waals surface area (Å²) >= 11 is 3.31. The number of nitrogens with zero attached hydrogens (tertiary/aromatic N) is 1. The fourth-order valence-electron chi connectivity index (χ4n) is 3.01. The highest BCUT2D eigenvalue weighted by atomic mass is 79.9. The summed E-state index contributed by atoms with van der Waals surface area (Å²) in [5.74, 6) is 0. The molecule has 0 bridgehead atoms. The Hall–Kier alpha value is -1.21. The summed E-state index contributed by atoms with van der Waals surface area (Å²) in [5, 5.41) is 0. The SMILES string of the molecule is O=S(=O)(NCc1ccc(CN2CCCCC2)cc1)c1ccc(Br)cc1. The number of likely N-dealkylation sites (tertiary alicyclic amines) is 1. The molecule has 25 heavy (non-hydrogen) atoms. The molecule has 0 spiro atoms. The van der Waals surface area contributed by atoms with E-state index in [1.807, 2.05) is 12.1 Å². The molecule has 0 atom stereocenters. The van der Waals surface area contributed by atoms with Gasteiger partial charge in [-0.25, -0.2) is 13.1 Å². The van der Waals surface area contributed by atoms with Crippen LogP contribution in [0, 0.1) is 0 Å². The third-order valence-electron chi connectivity index (χ3n) is 4.47. The molecular formula is C19H23BrN2O2S. The van der Waals surface area contributed by atoms with Crippen LogP contribution in [0.2, 0.25) is 0 Å². The van der Waals surface area contributed by atoms with Crippen LogP contribution < -0.4 is 4.72 Å². The van der Waals surface area contributed by atoms with Crippen LogP contribution in [0.4, 0.5) is 0 Å². The molecule has 1 heterocycles. The van der Waals surface area contributed by atoms with Crippen molar-refractivity contribution in [3.05, 3.63) is 64.1 Å². The third-order valence-corrected chi connectivity index (χ3v) is 6.41. The van der Waals surface area contributed by atoms with Gasteiger partial charge in [-0.15, -0.1) is 0 Å². The molecule has 0 aliphatic carbocycles. The number of nitrogens with one attached hydrogen (secondary N) is 1. The molecule has 4 nitrogen and oxygen atoms in total. The quantitative estimate of drug-likeness (QED) is 0.767. The average Bonchev–Trinajstić information content (AvgIpc) is 2.62. The Kier molecular flexibility index (Phi) is 6.28. The van der Waals surface area contributed by atoms with Crippen LogP contribution >= 0.6 is 15.9 Å². The Labute approximate surface area is 158 Å². The van der Waals surface area contributed by atoms with E-state index < -0.39 is 10.0 Å². The first-order valence-corrected chi connectivity index (χ1v) is 10.9. The lowest BCUT2D eigenvalue weighted by Gasteiger charge is -2.26. The third kappa shape index (κ3) is 5.38. The predicted octanol–water partition coefficient (Wildman–Crippen LogP) is 3.91. The van der Waals surface area contributed by atoms with Gasteiger partial charge in [0.15, 0.2) is 0 Å². The molecule has 1 fully saturated rings. The maximum absolute atomic E-state index is 12.3. The van der Waals surface area contributed by atoms with E-state index in [1.54, 1.807) is 24.3 Å². The lowest BCUT2D eigenvalue weighted by atomic mass is 10.1. The normalized spacial score (nSPS) is 16.0. The van der Waals surface area contributed by atoms with Gasteiger partial charge in [0.2, 0.25) is 10.0 Å². The average molecular weight is 423 g/mol. The van der Waals surface area contributed by atoms with Crippen molar-refractivity contribution in [2.24, 2.45) is 0 Å². The maximum Gasteiger partial charge on any atom is 0.240 e. The highest BCUT2D eigenvalue weighted by Crippen LogP contribution is 2.16. The zero-order valence-electron chi connectivity index (χ0n) is 14.1. The Morgan fingerprint density at radius 1 is 0.880 bits per heavy atom. The minimum absolute atomic E-state index is 0.275. The van der Waals surface area contributed by atoms with Crippen molar-refractivity contribution in [2.45, 2.75) is 37.2 Å². The van der Waals surface area contributed by atoms with Crippen LogP contribution in [0.3, 0.4) is 0 Å². The van der Waals surface area contributed by atoms with Gasteiger partial charge in [0.1, 0.15) is 0 Å². The molecule has 134 valence electrons. The fraction of sp³-hybridized carbons (Fsp3) is 0.368. The molecule has 1 saturated heterocycles. The van der Waals surface area contributed by atoms with Crippen molar-refractivity contribution in [3.8, 4) is 0 Å². The molecule has 0 aromatic heterocycles. The summed E-state index contributed by atoms with van der Waals surface area (Å²) in [4.78, 5) is 2.76. The standard InChI is InChI=1S/C19H23BrN2O2S/c20-18-8-10-19(11-9-18)25(23,24)21-14-16-4-6-17(7-5-16)15-22-12-2-1-3-13-22/h4-11,21H,1-3,12-15H2. The number of hydrogen-bond donors (Lipinski definition) is 1. The molecule has 6 heteroatoms. The molecule has 0 amide bonds. The summed E-state index contributed by atoms with van der Waals surface area (Å²) in [7, 11) is -3.49. The molecule has 1 aliphatic heterocycles. The van der Waals surface area contributed by atoms with Crippen LogP contribution in [0.15, 0.2) is 57.9 Å². The number of hydrogen-bond acceptors (Lipinski definition) is 3. The van der Waals surface area contributed by atoms with Crippen LogP contribution in [0.1, 0.15) is 30.4 Å². The van der Waals surface area contributed by atoms with Crippen LogP contribution in [0.5, 0.6) is 0 Å². The highest BCUT2D eigenvalue weighted by Gasteiger charge is 2.14. The molecule has 3 rings (SSSR count). The second-order valence-corrected chi connectivity index (χ2v) is 9.11. The van der Waals surface area contributed by atoms with Gasteiger partial charge in [0.05, 0.1) is 4.90 Å². The van der Waals surface area contributed by atoms with E-state index in [0.29, 0.717) is 6.54 Å². The van der Waals surface area contributed by atoms with Crippen molar-refractivity contribution >= 4 is 26.0 Å². The molecule has 2 aromatic carbocycles. The van der Waals surface area contributed by atoms with E-state index in [4.69, 9.17) is 0 Å². The van der Waals surface area contributed by atoms with Crippen LogP contribution in [0.25, 0.3) is 0 Å². The van der Waals surface area contributed by atoms with Gasteiger partial charge in [-0.2, -0.15) is 0 Å². The summed E-state index contributed by atoms with van der Waals surface area (Å²) in [6, 6.07) is 14.8. The predicted molar refractivity (Wildman–Crippen MR) is 104 cm³/mol. The molecule has 0 radical (unpaired) electrons. The van der Waals surface area contributed by atoms with Crippen LogP contribution in [-0.2, 0) is 23.1 Å². The summed E-state index contributed by atoms with van der Waals surface area (Å²) < 4.78 is 28.1. The van der Waals surface area contributed by atoms with E-state index >= 15 is 0 Å². The lowest BCUT2D eigenvalue weighted by molar-refractivity contribution is 0.221. The Morgan fingerprint density at radius 2 is 1.48 bits per heavy atom. The molecular weight excluding hydrogens is 400 g/mol. The first-order valence-electron chi connectivity index (χ1n) is 8.58. The summed E-state index contributed by atoms with van der Waals surface area (Å²) in [6.07, 6.45) is 3.92. The minimum atomic E-state index is -3.49. The van der Waals surface area contributed by atoms with Crippen molar-refractivity contribution in [1.82, 2.24) is 9.62 Å². The van der Waals surface area contributed by atoms with Gasteiger partial charge in [-0.1, -0.05) is 46.6 Å². The first kappa shape index (κ1) is 18.6. The van der Waals surface area contributed by atoms with Crippen molar-refractivity contribution in [2.75, 3.05) is 13.1 Å². The zero-order chi connectivity index (χ0) is 17.7. The van der Waals surface area contributed by atoms with E-state index in [-0.39, 0.29) is 4.90 Å². The van der Waals surface area contributed by atoms with Gasteiger partial charge < -0.3 is 0 Å². The van der Waals surface area contributed by atoms with Crippen LogP contribution in [-0.4, -0.2) is 26.4 Å².